The summed E-state index contributed by atoms with van der Waals surface area (Å²) in [4.78, 5) is 17.1. The molecule has 0 aromatic heterocycles. The number of nitrogens with zero attached hydrogens (tertiary/aromatic N) is 2. The van der Waals surface area contributed by atoms with Gasteiger partial charge in [-0.15, -0.1) is 0 Å². The molecular formula is C15H14N2OS3. The zero-order chi connectivity index (χ0) is 15.1. The molecule has 2 aliphatic heterocycles. The van der Waals surface area contributed by atoms with Crippen molar-refractivity contribution in [3.05, 3.63) is 50.9 Å². The van der Waals surface area contributed by atoms with E-state index in [0.717, 1.165) is 22.0 Å². The highest BCUT2D eigenvalue weighted by Gasteiger charge is 2.37. The van der Waals surface area contributed by atoms with E-state index in [-0.39, 0.29) is 5.91 Å². The van der Waals surface area contributed by atoms with Crippen molar-refractivity contribution in [3.8, 4) is 0 Å². The number of allylic oxidation sites excluding steroid dienone is 1. The van der Waals surface area contributed by atoms with Crippen molar-refractivity contribution in [2.24, 2.45) is 0 Å². The van der Waals surface area contributed by atoms with Gasteiger partial charge in [0.05, 0.1) is 10.7 Å². The standard InChI is InChI=1S/C15H14N2OS3/c1-9-4-6-11(7-5-9)17-13(18)12(21-15(17)19)14-16(3)10(2)8-20-14/h4-8H,1-3H3/b14-12+. The fourth-order valence-corrected chi connectivity index (χ4v) is 4.58. The van der Waals surface area contributed by atoms with E-state index in [4.69, 9.17) is 12.2 Å². The summed E-state index contributed by atoms with van der Waals surface area (Å²) in [7, 11) is 1.97. The van der Waals surface area contributed by atoms with Crippen molar-refractivity contribution < 1.29 is 4.79 Å². The first-order valence-electron chi connectivity index (χ1n) is 6.43. The summed E-state index contributed by atoms with van der Waals surface area (Å²) in [6, 6.07) is 7.85. The van der Waals surface area contributed by atoms with Crippen LogP contribution in [0.25, 0.3) is 0 Å². The Kier molecular flexibility index (Phi) is 3.86. The third-order valence-corrected chi connectivity index (χ3v) is 6.08. The molecule has 0 aliphatic carbocycles. The summed E-state index contributed by atoms with van der Waals surface area (Å²) < 4.78 is 0.588. The van der Waals surface area contributed by atoms with E-state index in [2.05, 4.69) is 0 Å². The van der Waals surface area contributed by atoms with Crippen molar-refractivity contribution in [2.45, 2.75) is 13.8 Å². The maximum Gasteiger partial charge on any atom is 0.273 e. The van der Waals surface area contributed by atoms with Crippen LogP contribution in [0, 0.1) is 6.92 Å². The van der Waals surface area contributed by atoms with Gasteiger partial charge >= 0.3 is 0 Å². The number of aryl methyl sites for hydroxylation is 1. The number of carbonyl (C=O) groups is 1. The van der Waals surface area contributed by atoms with Crippen LogP contribution in [0.2, 0.25) is 0 Å². The molecule has 0 saturated carbocycles. The van der Waals surface area contributed by atoms with Gasteiger partial charge in [-0.05, 0) is 31.4 Å². The van der Waals surface area contributed by atoms with E-state index in [0.29, 0.717) is 9.23 Å². The molecule has 21 heavy (non-hydrogen) atoms. The number of carbonyl (C=O) groups excluding carboxylic acids is 1. The summed E-state index contributed by atoms with van der Waals surface area (Å²) in [5.41, 5.74) is 3.12. The van der Waals surface area contributed by atoms with Gasteiger partial charge in [0.25, 0.3) is 5.91 Å². The highest BCUT2D eigenvalue weighted by atomic mass is 32.2. The van der Waals surface area contributed by atoms with E-state index in [1.54, 1.807) is 16.7 Å². The summed E-state index contributed by atoms with van der Waals surface area (Å²) >= 11 is 8.35. The van der Waals surface area contributed by atoms with Gasteiger partial charge < -0.3 is 4.90 Å². The minimum Gasteiger partial charge on any atom is -0.341 e. The number of benzene rings is 1. The van der Waals surface area contributed by atoms with Crippen LogP contribution in [0.4, 0.5) is 5.69 Å². The largest absolute Gasteiger partial charge is 0.341 e. The van der Waals surface area contributed by atoms with E-state index < -0.39 is 0 Å². The average molecular weight is 334 g/mol. The third-order valence-electron chi connectivity index (χ3n) is 3.43. The Labute approximate surface area is 138 Å². The number of thioether (sulfide) groups is 2. The average Bonchev–Trinajstić information content (AvgIpc) is 2.93. The number of anilines is 1. The van der Waals surface area contributed by atoms with E-state index in [9.17, 15) is 4.79 Å². The number of hydrogen-bond donors (Lipinski definition) is 0. The van der Waals surface area contributed by atoms with Crippen LogP contribution in [0.5, 0.6) is 0 Å². The van der Waals surface area contributed by atoms with Crippen molar-refractivity contribution in [1.82, 2.24) is 4.90 Å². The molecule has 0 radical (unpaired) electrons. The molecule has 1 aromatic carbocycles. The van der Waals surface area contributed by atoms with Gasteiger partial charge in [0, 0.05) is 12.7 Å². The number of thiocarbonyl (C=S) groups is 1. The first-order chi connectivity index (χ1) is 9.99. The molecule has 0 atom stereocenters. The zero-order valence-electron chi connectivity index (χ0n) is 11.9. The first kappa shape index (κ1) is 14.7. The molecule has 1 saturated heterocycles. The molecule has 3 rings (SSSR count). The minimum absolute atomic E-state index is 0.0358. The maximum absolute atomic E-state index is 12.7. The lowest BCUT2D eigenvalue weighted by Gasteiger charge is -2.17. The van der Waals surface area contributed by atoms with Crippen LogP contribution in [-0.4, -0.2) is 22.2 Å². The quantitative estimate of drug-likeness (QED) is 0.569. The second kappa shape index (κ2) is 5.51. The molecule has 2 heterocycles. The Balaban J connectivity index is 1.97. The van der Waals surface area contributed by atoms with Crippen LogP contribution in [0.15, 0.2) is 45.3 Å². The summed E-state index contributed by atoms with van der Waals surface area (Å²) in [5.74, 6) is -0.0358. The van der Waals surface area contributed by atoms with E-state index >= 15 is 0 Å². The van der Waals surface area contributed by atoms with Gasteiger partial charge in [0.15, 0.2) is 4.32 Å². The monoisotopic (exact) mass is 334 g/mol. The smallest absolute Gasteiger partial charge is 0.273 e. The number of rotatable bonds is 1. The molecule has 0 spiro atoms. The topological polar surface area (TPSA) is 23.6 Å². The molecule has 0 N–H and O–H groups in total. The second-order valence-electron chi connectivity index (χ2n) is 4.91. The van der Waals surface area contributed by atoms with Crippen LogP contribution in [0.1, 0.15) is 12.5 Å². The van der Waals surface area contributed by atoms with Crippen molar-refractivity contribution in [2.75, 3.05) is 11.9 Å². The maximum atomic E-state index is 12.7. The van der Waals surface area contributed by atoms with Crippen molar-refractivity contribution >= 4 is 51.7 Å². The minimum atomic E-state index is -0.0358. The second-order valence-corrected chi connectivity index (χ2v) is 7.42. The molecule has 6 heteroatoms. The predicted molar refractivity (Wildman–Crippen MR) is 95.0 cm³/mol. The summed E-state index contributed by atoms with van der Waals surface area (Å²) in [5, 5.41) is 3.01. The summed E-state index contributed by atoms with van der Waals surface area (Å²) in [6.45, 7) is 4.05. The lowest BCUT2D eigenvalue weighted by molar-refractivity contribution is -0.113. The van der Waals surface area contributed by atoms with Crippen LogP contribution in [0.3, 0.4) is 0 Å². The molecule has 0 unspecified atom stereocenters. The lowest BCUT2D eigenvalue weighted by atomic mass is 10.2. The van der Waals surface area contributed by atoms with Crippen LogP contribution >= 0.6 is 35.7 Å². The highest BCUT2D eigenvalue weighted by molar-refractivity contribution is 8.27. The van der Waals surface area contributed by atoms with Crippen molar-refractivity contribution in [1.29, 1.82) is 0 Å². The first-order valence-corrected chi connectivity index (χ1v) is 8.54. The Morgan fingerprint density at radius 3 is 2.38 bits per heavy atom. The van der Waals surface area contributed by atoms with Gasteiger partial charge in [-0.3, -0.25) is 9.69 Å². The Morgan fingerprint density at radius 1 is 1.14 bits per heavy atom. The van der Waals surface area contributed by atoms with Gasteiger partial charge in [0.1, 0.15) is 4.91 Å². The Bertz CT molecular complexity index is 691. The number of amides is 1. The van der Waals surface area contributed by atoms with Crippen molar-refractivity contribution in [3.63, 3.8) is 0 Å². The van der Waals surface area contributed by atoms with E-state index in [1.807, 2.05) is 55.5 Å². The predicted octanol–water partition coefficient (Wildman–Crippen LogP) is 4.07. The normalized spacial score (nSPS) is 22.3. The van der Waals surface area contributed by atoms with Crippen LogP contribution in [-0.2, 0) is 4.79 Å². The van der Waals surface area contributed by atoms with Crippen LogP contribution < -0.4 is 4.90 Å². The van der Waals surface area contributed by atoms with Gasteiger partial charge in [0.2, 0.25) is 0 Å². The number of hydrogen-bond acceptors (Lipinski definition) is 5. The summed E-state index contributed by atoms with van der Waals surface area (Å²) in [6.07, 6.45) is 0. The van der Waals surface area contributed by atoms with Gasteiger partial charge in [-0.2, -0.15) is 0 Å². The Morgan fingerprint density at radius 2 is 1.81 bits per heavy atom. The molecule has 1 fully saturated rings. The highest BCUT2D eigenvalue weighted by Crippen LogP contribution is 2.44. The van der Waals surface area contributed by atoms with Gasteiger partial charge in [-0.1, -0.05) is 53.4 Å². The fraction of sp³-hybridized carbons (Fsp3) is 0.200. The SMILES string of the molecule is CC1=CS/C(=C2/SC(=S)N(c3ccc(C)cc3)C2=O)N1C. The molecule has 1 aromatic rings. The van der Waals surface area contributed by atoms with Gasteiger partial charge in [-0.25, -0.2) is 0 Å². The molecule has 2 aliphatic rings. The molecule has 0 bridgehead atoms. The molecular weight excluding hydrogens is 320 g/mol. The van der Waals surface area contributed by atoms with E-state index in [1.165, 1.54) is 11.8 Å². The molecule has 1 amide bonds. The zero-order valence-corrected chi connectivity index (χ0v) is 14.4. The fourth-order valence-electron chi connectivity index (χ4n) is 2.08. The Hall–Kier alpha value is -1.24. The lowest BCUT2D eigenvalue weighted by Crippen LogP contribution is -2.28. The molecule has 3 nitrogen and oxygen atoms in total. The third kappa shape index (κ3) is 2.52. The molecule has 108 valence electrons.